The highest BCUT2D eigenvalue weighted by molar-refractivity contribution is 5.82. The van der Waals surface area contributed by atoms with Crippen LogP contribution in [0.1, 0.15) is 72.1 Å². The molecule has 0 amide bonds. The fraction of sp³-hybridized carbons (Fsp3) is 0.950. The molecule has 4 fully saturated rings. The molecule has 0 aromatic rings. The Labute approximate surface area is 135 Å². The summed E-state index contributed by atoms with van der Waals surface area (Å²) >= 11 is 0. The van der Waals surface area contributed by atoms with E-state index >= 15 is 0 Å². The highest BCUT2D eigenvalue weighted by Gasteiger charge is 2.60. The van der Waals surface area contributed by atoms with Gasteiger partial charge in [-0.2, -0.15) is 0 Å². The van der Waals surface area contributed by atoms with E-state index in [-0.39, 0.29) is 17.4 Å². The summed E-state index contributed by atoms with van der Waals surface area (Å²) in [6, 6.07) is 0. The van der Waals surface area contributed by atoms with Gasteiger partial charge in [0.15, 0.2) is 0 Å². The molecule has 0 heterocycles. The van der Waals surface area contributed by atoms with Gasteiger partial charge in [-0.25, -0.2) is 0 Å². The smallest absolute Gasteiger partial charge is 0.136 e. The third-order valence-electron chi connectivity index (χ3n) is 8.76. The van der Waals surface area contributed by atoms with Crippen molar-refractivity contribution in [2.75, 3.05) is 0 Å². The van der Waals surface area contributed by atoms with Crippen molar-refractivity contribution in [2.45, 2.75) is 78.2 Å². The molecule has 0 unspecified atom stereocenters. The van der Waals surface area contributed by atoms with Crippen LogP contribution in [0.5, 0.6) is 0 Å². The molecule has 22 heavy (non-hydrogen) atoms. The van der Waals surface area contributed by atoms with Crippen molar-refractivity contribution in [1.82, 2.24) is 0 Å². The van der Waals surface area contributed by atoms with Crippen LogP contribution in [0, 0.1) is 40.4 Å². The van der Waals surface area contributed by atoms with Crippen LogP contribution < -0.4 is 0 Å². The van der Waals surface area contributed by atoms with Crippen LogP contribution in [0.2, 0.25) is 0 Å². The van der Waals surface area contributed by atoms with Crippen LogP contribution in [-0.2, 0) is 4.79 Å². The summed E-state index contributed by atoms with van der Waals surface area (Å²) in [6.45, 7) is 7.01. The minimum Gasteiger partial charge on any atom is -0.393 e. The zero-order chi connectivity index (χ0) is 15.7. The van der Waals surface area contributed by atoms with Gasteiger partial charge < -0.3 is 5.11 Å². The van der Waals surface area contributed by atoms with Gasteiger partial charge in [0, 0.05) is 12.3 Å². The first-order chi connectivity index (χ1) is 10.4. The lowest BCUT2D eigenvalue weighted by Crippen LogP contribution is -2.55. The van der Waals surface area contributed by atoms with E-state index in [4.69, 9.17) is 0 Å². The Hall–Kier alpha value is -0.370. The second-order valence-corrected chi connectivity index (χ2v) is 9.57. The largest absolute Gasteiger partial charge is 0.393 e. The van der Waals surface area contributed by atoms with Gasteiger partial charge >= 0.3 is 0 Å². The maximum absolute atomic E-state index is 12.2. The fourth-order valence-corrected chi connectivity index (χ4v) is 7.38. The molecular weight excluding hydrogens is 272 g/mol. The minimum absolute atomic E-state index is 0.0733. The number of carbonyl (C=O) groups is 1. The molecule has 0 spiro atoms. The van der Waals surface area contributed by atoms with Gasteiger partial charge in [0.05, 0.1) is 6.10 Å². The maximum atomic E-state index is 12.2. The quantitative estimate of drug-likeness (QED) is 0.728. The molecular formula is C20H32O2. The second kappa shape index (κ2) is 4.82. The zero-order valence-corrected chi connectivity index (χ0v) is 14.5. The Kier molecular flexibility index (Phi) is 3.32. The molecule has 8 atom stereocenters. The Morgan fingerprint density at radius 1 is 1.00 bits per heavy atom. The SMILES string of the molecule is C[C@H]1C[C@@]2(C)[C@@H](CC[C@@H]3[C@@H]2CC[C@]2(C)[C@@H](O)CC[C@@H]32)CC1=O. The van der Waals surface area contributed by atoms with Crippen LogP contribution in [0.3, 0.4) is 0 Å². The van der Waals surface area contributed by atoms with Gasteiger partial charge in [0.1, 0.15) is 5.78 Å². The summed E-state index contributed by atoms with van der Waals surface area (Å²) in [7, 11) is 0. The molecule has 0 aliphatic heterocycles. The molecule has 1 N–H and O–H groups in total. The fourth-order valence-electron chi connectivity index (χ4n) is 7.38. The number of aliphatic hydroxyl groups is 1. The summed E-state index contributed by atoms with van der Waals surface area (Å²) in [4.78, 5) is 12.2. The lowest BCUT2D eigenvalue weighted by atomic mass is 9.44. The minimum atomic E-state index is -0.0733. The molecule has 4 aliphatic carbocycles. The molecule has 4 rings (SSSR count). The predicted octanol–water partition coefficient (Wildman–Crippen LogP) is 4.21. The van der Waals surface area contributed by atoms with Gasteiger partial charge in [-0.1, -0.05) is 20.8 Å². The molecule has 2 heteroatoms. The molecule has 0 aromatic heterocycles. The number of fused-ring (bicyclic) bond motifs is 5. The van der Waals surface area contributed by atoms with Gasteiger partial charge in [-0.05, 0) is 79.4 Å². The highest BCUT2D eigenvalue weighted by atomic mass is 16.3. The van der Waals surface area contributed by atoms with Crippen molar-refractivity contribution < 1.29 is 9.90 Å². The van der Waals surface area contributed by atoms with Crippen molar-refractivity contribution in [3.05, 3.63) is 0 Å². The van der Waals surface area contributed by atoms with E-state index in [1.807, 2.05) is 0 Å². The number of ketones is 1. The van der Waals surface area contributed by atoms with Crippen LogP contribution in [0.4, 0.5) is 0 Å². The Balaban J connectivity index is 1.65. The first-order valence-electron chi connectivity index (χ1n) is 9.57. The normalized spacial score (nSPS) is 57.9. The van der Waals surface area contributed by atoms with E-state index in [0.29, 0.717) is 17.1 Å². The van der Waals surface area contributed by atoms with Crippen LogP contribution in [0.15, 0.2) is 0 Å². The molecule has 2 nitrogen and oxygen atoms in total. The summed E-state index contributed by atoms with van der Waals surface area (Å²) in [5.41, 5.74) is 0.561. The summed E-state index contributed by atoms with van der Waals surface area (Å²) in [5, 5.41) is 10.5. The average molecular weight is 304 g/mol. The first kappa shape index (κ1) is 15.2. The van der Waals surface area contributed by atoms with E-state index in [1.54, 1.807) is 0 Å². The van der Waals surface area contributed by atoms with Crippen molar-refractivity contribution in [3.63, 3.8) is 0 Å². The van der Waals surface area contributed by atoms with E-state index in [2.05, 4.69) is 20.8 Å². The molecule has 4 saturated carbocycles. The second-order valence-electron chi connectivity index (χ2n) is 9.57. The van der Waals surface area contributed by atoms with Crippen LogP contribution in [0.25, 0.3) is 0 Å². The Morgan fingerprint density at radius 2 is 1.73 bits per heavy atom. The third kappa shape index (κ3) is 1.85. The maximum Gasteiger partial charge on any atom is 0.136 e. The number of hydrogen-bond donors (Lipinski definition) is 1. The molecule has 0 aromatic carbocycles. The monoisotopic (exact) mass is 304 g/mol. The van der Waals surface area contributed by atoms with Gasteiger partial charge in [0.2, 0.25) is 0 Å². The standard InChI is InChI=1S/C20H32O2/c1-12-11-20(3)13(10-17(12)21)4-5-14-15-6-7-18(22)19(15,2)9-8-16(14)20/h12-16,18,22H,4-11H2,1-3H3/t12-,13-,14-,15-,16-,18-,19-,20-/m0/s1. The molecule has 0 radical (unpaired) electrons. The number of carbonyl (C=O) groups excluding carboxylic acids is 1. The summed E-state index contributed by atoms with van der Waals surface area (Å²) in [6.07, 6.45) is 9.16. The van der Waals surface area contributed by atoms with Gasteiger partial charge in [-0.15, -0.1) is 0 Å². The van der Waals surface area contributed by atoms with E-state index in [0.717, 1.165) is 37.0 Å². The van der Waals surface area contributed by atoms with Gasteiger partial charge in [0.25, 0.3) is 0 Å². The predicted molar refractivity (Wildman–Crippen MR) is 87.3 cm³/mol. The van der Waals surface area contributed by atoms with Crippen LogP contribution >= 0.6 is 0 Å². The Bertz CT molecular complexity index is 486. The van der Waals surface area contributed by atoms with Crippen LogP contribution in [-0.4, -0.2) is 17.0 Å². The molecule has 124 valence electrons. The average Bonchev–Trinajstić information content (AvgIpc) is 2.77. The number of aliphatic hydroxyl groups excluding tert-OH is 1. The zero-order valence-electron chi connectivity index (χ0n) is 14.5. The number of hydrogen-bond acceptors (Lipinski definition) is 2. The first-order valence-corrected chi connectivity index (χ1v) is 9.57. The van der Waals surface area contributed by atoms with Crippen molar-refractivity contribution >= 4 is 5.78 Å². The summed E-state index contributed by atoms with van der Waals surface area (Å²) in [5.74, 6) is 3.74. The highest BCUT2D eigenvalue weighted by Crippen LogP contribution is 2.66. The lowest BCUT2D eigenvalue weighted by Gasteiger charge is -2.60. The third-order valence-corrected chi connectivity index (χ3v) is 8.76. The van der Waals surface area contributed by atoms with Crippen molar-refractivity contribution in [1.29, 1.82) is 0 Å². The van der Waals surface area contributed by atoms with E-state index in [1.165, 1.54) is 32.1 Å². The van der Waals surface area contributed by atoms with E-state index in [9.17, 15) is 9.90 Å². The number of rotatable bonds is 0. The molecule has 4 aliphatic rings. The lowest BCUT2D eigenvalue weighted by molar-refractivity contribution is -0.148. The Morgan fingerprint density at radius 3 is 2.50 bits per heavy atom. The van der Waals surface area contributed by atoms with Crippen molar-refractivity contribution in [2.24, 2.45) is 40.4 Å². The number of Topliss-reactive ketones (excluding diaryl/α,β-unsaturated/α-hetero) is 1. The molecule has 0 bridgehead atoms. The van der Waals surface area contributed by atoms with E-state index < -0.39 is 0 Å². The van der Waals surface area contributed by atoms with Crippen molar-refractivity contribution in [3.8, 4) is 0 Å². The topological polar surface area (TPSA) is 37.3 Å². The molecule has 0 saturated heterocycles. The summed E-state index contributed by atoms with van der Waals surface area (Å²) < 4.78 is 0. The van der Waals surface area contributed by atoms with Gasteiger partial charge in [-0.3, -0.25) is 4.79 Å².